The molecule has 8 heterocycles. The summed E-state index contributed by atoms with van der Waals surface area (Å²) in [4.78, 5) is 110. The fraction of sp³-hybridized carbons (Fsp3) is 0.364. The van der Waals surface area contributed by atoms with Crippen LogP contribution in [0.5, 0.6) is 57.5 Å². The number of carbonyl (C=O) groups excluding carboxylic acids is 6. The summed E-state index contributed by atoms with van der Waals surface area (Å²) in [5.74, 6) is -16.6. The van der Waals surface area contributed by atoms with Crippen molar-refractivity contribution in [2.45, 2.75) is 154 Å². The number of aromatic hydroxyl groups is 5. The summed E-state index contributed by atoms with van der Waals surface area (Å²) in [6.45, 7) is -0.602. The first-order chi connectivity index (χ1) is 56.1. The summed E-state index contributed by atoms with van der Waals surface area (Å²) >= 11 is 21.2. The van der Waals surface area contributed by atoms with Crippen LogP contribution in [0.15, 0.2) is 121 Å². The number of likely N-dealkylation sites (N-methyl/N-ethyl adjacent to an activating group) is 1. The summed E-state index contributed by atoms with van der Waals surface area (Å²) in [6, 6.07) is 5.11. The number of aliphatic carboxylic acids is 1. The van der Waals surface area contributed by atoms with Gasteiger partial charge in [-0.3, -0.25) is 28.8 Å². The highest BCUT2D eigenvalue weighted by molar-refractivity contribution is 6.33. The fourth-order valence-electron chi connectivity index (χ4n) is 14.5. The van der Waals surface area contributed by atoms with Crippen molar-refractivity contribution in [3.05, 3.63) is 175 Å². The van der Waals surface area contributed by atoms with Gasteiger partial charge in [0.2, 0.25) is 47.5 Å². The third kappa shape index (κ3) is 17.4. The van der Waals surface area contributed by atoms with Crippen molar-refractivity contribution in [3.8, 4) is 68.6 Å². The number of hydrogen-bond donors (Lipinski definition) is 23. The van der Waals surface area contributed by atoms with Crippen LogP contribution in [-0.4, -0.2) is 236 Å². The number of carboxylic acid groups (broad SMARTS) is 1. The molecule has 0 radical (unpaired) electrons. The maximum absolute atomic E-state index is 16.6. The standard InChI is InChI=1S/C77H79Cl3N8O30/c1-26-59(96)40(81)23-50(111-26)116-66-30-7-13-44(38(79)17-30)112-46-19-32-20-47(68(46)118-77-65(102)63(100)61(98)49(25-90)115-77)113-45-14-8-31(18-39(45)80)67(117-76-64(101)62(99)60(97)48(24-89)114-76)58(87-69(103)52(82-2)27-3-9-33(91)10-4-27)73(107)84-54(29-6-12-42(94)37(78)16-29)70(104)85-55(32)72(106)83-53-28-5-11-41(93)35(15-28)51-36(21-34(92)22-43(51)95)56(75(109)110)86-74(108)57(66)88-71(53)105/h3-22,26,40,48-50,52-67,76-77,82,89-102H,23-25,81H2,1-2H3,(H,83,106)(H,84,107)(H,85,104)(H,86,108)(H,87,103)(H,88,105)(H,109,110)/t26-,40+,48+,49+,50+,52?,53?,54?,55?,56?,57?,58?,59-,60+,61+,62-,63-,64-,65+,66?,67?,76?,77?/m0/s1. The van der Waals surface area contributed by atoms with Gasteiger partial charge in [0.05, 0.1) is 40.5 Å². The number of rotatable bonds is 14. The molecule has 8 aliphatic heterocycles. The maximum atomic E-state index is 16.6. The van der Waals surface area contributed by atoms with Gasteiger partial charge in [-0.1, -0.05) is 71.2 Å². The van der Waals surface area contributed by atoms with Crippen LogP contribution in [0.3, 0.4) is 0 Å². The molecule has 0 spiro atoms. The maximum Gasteiger partial charge on any atom is 0.330 e. The summed E-state index contributed by atoms with van der Waals surface area (Å²) in [7, 11) is 1.34. The number of ether oxygens (including phenoxy) is 8. The van der Waals surface area contributed by atoms with E-state index in [1.165, 1.54) is 44.3 Å². The molecule has 628 valence electrons. The van der Waals surface area contributed by atoms with Crippen molar-refractivity contribution in [1.82, 2.24) is 37.2 Å². The van der Waals surface area contributed by atoms with Gasteiger partial charge in [0.25, 0.3) is 0 Å². The molecule has 38 nitrogen and oxygen atoms in total. The van der Waals surface area contributed by atoms with Crippen LogP contribution in [0.4, 0.5) is 0 Å². The lowest BCUT2D eigenvalue weighted by atomic mass is 9.89. The molecule has 0 aliphatic carbocycles. The molecule has 23 atom stereocenters. The molecule has 8 aliphatic rings. The highest BCUT2D eigenvalue weighted by Crippen LogP contribution is 2.51. The number of fused-ring (bicyclic) bond motifs is 15. The first-order valence-corrected chi connectivity index (χ1v) is 37.5. The van der Waals surface area contributed by atoms with Crippen molar-refractivity contribution < 1.29 is 148 Å². The Morgan fingerprint density at radius 3 is 1.61 bits per heavy atom. The van der Waals surface area contributed by atoms with E-state index in [-0.39, 0.29) is 34.4 Å². The van der Waals surface area contributed by atoms with E-state index >= 15 is 28.8 Å². The number of nitrogens with one attached hydrogen (secondary N) is 7. The molecule has 15 rings (SSSR count). The predicted octanol–water partition coefficient (Wildman–Crippen LogP) is 0.429. The minimum Gasteiger partial charge on any atom is -0.508 e. The number of phenolic OH excluding ortho intramolecular Hbond substituents is 5. The number of benzene rings is 7. The number of aliphatic hydroxyl groups excluding tert-OH is 9. The molecular weight excluding hydrogens is 1620 g/mol. The number of nitrogens with two attached hydrogens (primary N) is 1. The second-order valence-electron chi connectivity index (χ2n) is 28.5. The second kappa shape index (κ2) is 35.2. The molecule has 0 aromatic heterocycles. The molecule has 7 aromatic rings. The Hall–Kier alpha value is -10.5. The fourth-order valence-corrected chi connectivity index (χ4v) is 15.1. The second-order valence-corrected chi connectivity index (χ2v) is 29.7. The van der Waals surface area contributed by atoms with E-state index in [0.717, 1.165) is 91.0 Å². The molecule has 3 fully saturated rings. The Kier molecular flexibility index (Phi) is 25.4. The summed E-state index contributed by atoms with van der Waals surface area (Å²) < 4.78 is 50.6. The SMILES string of the molecule is CNC(C(=O)NC1C(=O)NC(c2ccc(O)c(Cl)c2)C(=O)NC2C(=O)NC3C(=O)NC(C(=O)NC(C(=O)O)c4cc(O)cc(O)c4-c4cc3ccc4O)C(O[C@@H]3C[C@@H](N)[C@@H](O)[C@H](C)O3)c3ccc(c(Cl)c3)Oc3cc2cc(c3OC2O[C@H](CO)[C@@H](O)[C@H](O)[C@H]2O)Oc2ccc(cc2Cl)C1OC1O[C@H](CO)[C@@H](O)[C@H](O)[C@@H]1O)c1ccc(O)cc1. The van der Waals surface area contributed by atoms with Crippen LogP contribution in [0.1, 0.15) is 94.7 Å². The van der Waals surface area contributed by atoms with Crippen LogP contribution < -0.4 is 57.2 Å². The molecule has 118 heavy (non-hydrogen) atoms. The smallest absolute Gasteiger partial charge is 0.330 e. The van der Waals surface area contributed by atoms with Gasteiger partial charge in [-0.05, 0) is 126 Å². The molecule has 6 amide bonds. The normalized spacial score (nSPS) is 30.1. The van der Waals surface area contributed by atoms with Crippen LogP contribution in [0, 0.1) is 0 Å². The van der Waals surface area contributed by atoms with Crippen molar-refractivity contribution in [1.29, 1.82) is 0 Å². The number of carboxylic acids is 1. The first-order valence-electron chi connectivity index (χ1n) is 36.3. The van der Waals surface area contributed by atoms with Crippen LogP contribution >= 0.6 is 34.8 Å². The molecule has 24 N–H and O–H groups in total. The van der Waals surface area contributed by atoms with Gasteiger partial charge in [0, 0.05) is 35.2 Å². The Morgan fingerprint density at radius 1 is 0.525 bits per heavy atom. The summed E-state index contributed by atoms with van der Waals surface area (Å²) in [6.07, 6.45) is -29.0. The molecule has 0 saturated carbocycles. The monoisotopic (exact) mass is 1700 g/mol. The number of hydrogen-bond acceptors (Lipinski definition) is 31. The lowest BCUT2D eigenvalue weighted by Gasteiger charge is -2.42. The predicted molar refractivity (Wildman–Crippen MR) is 403 cm³/mol. The van der Waals surface area contributed by atoms with E-state index in [0.29, 0.717) is 0 Å². The van der Waals surface area contributed by atoms with Gasteiger partial charge in [-0.15, -0.1) is 0 Å². The zero-order valence-electron chi connectivity index (χ0n) is 61.5. The van der Waals surface area contributed by atoms with Crippen LogP contribution in [0.2, 0.25) is 15.1 Å². The van der Waals surface area contributed by atoms with E-state index in [1.807, 2.05) is 0 Å². The van der Waals surface area contributed by atoms with E-state index < -0.39 is 290 Å². The third-order valence-electron chi connectivity index (χ3n) is 20.7. The van der Waals surface area contributed by atoms with E-state index in [4.69, 9.17) is 78.4 Å². The van der Waals surface area contributed by atoms with Crippen LogP contribution in [0.25, 0.3) is 11.1 Å². The van der Waals surface area contributed by atoms with Gasteiger partial charge in [0.1, 0.15) is 138 Å². The first kappa shape index (κ1) is 85.3. The molecule has 41 heteroatoms. The van der Waals surface area contributed by atoms with E-state index in [1.54, 1.807) is 0 Å². The largest absolute Gasteiger partial charge is 0.508 e. The molecule has 3 saturated heterocycles. The number of carbonyl (C=O) groups is 7. The Balaban J connectivity index is 1.08. The van der Waals surface area contributed by atoms with Gasteiger partial charge >= 0.3 is 5.97 Å². The number of aliphatic hydroxyl groups is 9. The summed E-state index contributed by atoms with van der Waals surface area (Å²) in [5.41, 5.74) is 3.12. The molecular formula is C77H79Cl3N8O30. The lowest BCUT2D eigenvalue weighted by molar-refractivity contribution is -0.313. The van der Waals surface area contributed by atoms with Crippen molar-refractivity contribution in [3.63, 3.8) is 0 Å². The minimum absolute atomic E-state index is 0.161. The van der Waals surface area contributed by atoms with Crippen molar-refractivity contribution in [2.24, 2.45) is 5.73 Å². The third-order valence-corrected chi connectivity index (χ3v) is 21.6. The average molecular weight is 1700 g/mol. The minimum atomic E-state index is -2.46. The number of halogens is 3. The van der Waals surface area contributed by atoms with Gasteiger partial charge in [0.15, 0.2) is 30.1 Å². The molecule has 11 unspecified atom stereocenters. The zero-order chi connectivity index (χ0) is 84.9. The highest BCUT2D eigenvalue weighted by atomic mass is 35.5. The van der Waals surface area contributed by atoms with Gasteiger partial charge in [-0.25, -0.2) is 4.79 Å². The Morgan fingerprint density at radius 2 is 1.05 bits per heavy atom. The van der Waals surface area contributed by atoms with Crippen molar-refractivity contribution in [2.75, 3.05) is 20.3 Å². The Bertz CT molecular complexity index is 5000. The molecule has 7 aromatic carbocycles. The van der Waals surface area contributed by atoms with Gasteiger partial charge < -0.3 is 157 Å². The number of phenols is 5. The summed E-state index contributed by atoms with van der Waals surface area (Å²) in [5, 5.41) is 183. The molecule has 11 bridgehead atoms. The highest BCUT2D eigenvalue weighted by Gasteiger charge is 2.51. The lowest BCUT2D eigenvalue weighted by Crippen LogP contribution is -2.61. The zero-order valence-corrected chi connectivity index (χ0v) is 63.8. The van der Waals surface area contributed by atoms with E-state index in [9.17, 15) is 81.4 Å². The van der Waals surface area contributed by atoms with Crippen molar-refractivity contribution >= 4 is 76.2 Å². The topological polar surface area (TPSA) is 607 Å². The Labute approximate surface area is 682 Å². The van der Waals surface area contributed by atoms with Crippen LogP contribution in [-0.2, 0) is 57.2 Å². The van der Waals surface area contributed by atoms with Gasteiger partial charge in [-0.2, -0.15) is 0 Å². The van der Waals surface area contributed by atoms with E-state index in [2.05, 4.69) is 37.2 Å². The quantitative estimate of drug-likeness (QED) is 0.0702. The number of amides is 6. The average Bonchev–Trinajstić information content (AvgIpc) is 0.763.